The number of hydrogen-bond acceptors (Lipinski definition) is 3. The van der Waals surface area contributed by atoms with Crippen molar-refractivity contribution < 1.29 is 14.0 Å². The van der Waals surface area contributed by atoms with Crippen LogP contribution in [-0.2, 0) is 11.3 Å². The SMILES string of the molecule is C[C@H](N)C(=O)NNC(=O)NCc1ccc(F)cc1. The van der Waals surface area contributed by atoms with Crippen molar-refractivity contribution >= 4 is 11.9 Å². The fourth-order valence-corrected chi connectivity index (χ4v) is 1.06. The lowest BCUT2D eigenvalue weighted by atomic mass is 10.2. The molecule has 0 bridgehead atoms. The molecule has 0 aliphatic heterocycles. The van der Waals surface area contributed by atoms with E-state index < -0.39 is 18.0 Å². The average molecular weight is 254 g/mol. The van der Waals surface area contributed by atoms with Gasteiger partial charge in [0.2, 0.25) is 0 Å². The highest BCUT2D eigenvalue weighted by molar-refractivity contribution is 5.84. The van der Waals surface area contributed by atoms with Crippen LogP contribution in [0.3, 0.4) is 0 Å². The van der Waals surface area contributed by atoms with Gasteiger partial charge in [-0.15, -0.1) is 0 Å². The van der Waals surface area contributed by atoms with E-state index in [0.717, 1.165) is 5.56 Å². The maximum Gasteiger partial charge on any atom is 0.333 e. The standard InChI is InChI=1S/C11H15FN4O2/c1-7(13)10(17)15-16-11(18)14-6-8-2-4-9(12)5-3-8/h2-5,7H,6,13H2,1H3,(H,15,17)(H2,14,16,18)/t7-/m0/s1. The van der Waals surface area contributed by atoms with E-state index in [2.05, 4.69) is 16.2 Å². The fraction of sp³-hybridized carbons (Fsp3) is 0.273. The summed E-state index contributed by atoms with van der Waals surface area (Å²) >= 11 is 0. The van der Waals surface area contributed by atoms with E-state index in [1.54, 1.807) is 12.1 Å². The van der Waals surface area contributed by atoms with Crippen molar-refractivity contribution in [2.75, 3.05) is 0 Å². The van der Waals surface area contributed by atoms with E-state index >= 15 is 0 Å². The van der Waals surface area contributed by atoms with Crippen LogP contribution in [0.1, 0.15) is 12.5 Å². The third kappa shape index (κ3) is 4.79. The average Bonchev–Trinajstić information content (AvgIpc) is 2.35. The molecule has 0 fully saturated rings. The highest BCUT2D eigenvalue weighted by atomic mass is 19.1. The van der Waals surface area contributed by atoms with Crippen molar-refractivity contribution in [2.24, 2.45) is 5.73 Å². The maximum absolute atomic E-state index is 12.6. The molecule has 1 atom stereocenters. The zero-order valence-corrected chi connectivity index (χ0v) is 9.87. The summed E-state index contributed by atoms with van der Waals surface area (Å²) < 4.78 is 12.6. The van der Waals surface area contributed by atoms with Crippen molar-refractivity contribution in [1.82, 2.24) is 16.2 Å². The summed E-state index contributed by atoms with van der Waals surface area (Å²) in [7, 11) is 0. The van der Waals surface area contributed by atoms with E-state index in [9.17, 15) is 14.0 Å². The lowest BCUT2D eigenvalue weighted by molar-refractivity contribution is -0.122. The fourth-order valence-electron chi connectivity index (χ4n) is 1.06. The Kier molecular flexibility index (Phi) is 5.06. The summed E-state index contributed by atoms with van der Waals surface area (Å²) in [5.41, 5.74) is 10.3. The Labute approximate surface area is 104 Å². The number of halogens is 1. The number of carbonyl (C=O) groups is 2. The lowest BCUT2D eigenvalue weighted by Crippen LogP contribution is -2.51. The molecule has 7 heteroatoms. The zero-order valence-electron chi connectivity index (χ0n) is 9.87. The minimum Gasteiger partial charge on any atom is -0.333 e. The minimum atomic E-state index is -0.706. The number of nitrogens with one attached hydrogen (secondary N) is 3. The van der Waals surface area contributed by atoms with Crippen LogP contribution in [0.2, 0.25) is 0 Å². The third-order valence-corrected chi connectivity index (χ3v) is 2.08. The van der Waals surface area contributed by atoms with Gasteiger partial charge in [0.25, 0.3) is 5.91 Å². The van der Waals surface area contributed by atoms with Crippen molar-refractivity contribution in [1.29, 1.82) is 0 Å². The molecule has 0 aliphatic rings. The molecule has 3 amide bonds. The number of nitrogens with two attached hydrogens (primary N) is 1. The van der Waals surface area contributed by atoms with Crippen LogP contribution in [0.5, 0.6) is 0 Å². The summed E-state index contributed by atoms with van der Waals surface area (Å²) in [6, 6.07) is 4.42. The first-order chi connectivity index (χ1) is 8.49. The Bertz CT molecular complexity index is 420. The van der Waals surface area contributed by atoms with Crippen molar-refractivity contribution in [3.05, 3.63) is 35.6 Å². The van der Waals surface area contributed by atoms with Gasteiger partial charge in [0.15, 0.2) is 0 Å². The maximum atomic E-state index is 12.6. The Morgan fingerprint density at radius 3 is 2.44 bits per heavy atom. The van der Waals surface area contributed by atoms with Gasteiger partial charge in [0.05, 0.1) is 6.04 Å². The van der Waals surface area contributed by atoms with Gasteiger partial charge in [-0.05, 0) is 24.6 Å². The second kappa shape index (κ2) is 6.55. The minimum absolute atomic E-state index is 0.222. The van der Waals surface area contributed by atoms with Gasteiger partial charge in [-0.1, -0.05) is 12.1 Å². The van der Waals surface area contributed by atoms with E-state index in [1.807, 2.05) is 0 Å². The largest absolute Gasteiger partial charge is 0.333 e. The summed E-state index contributed by atoms with van der Waals surface area (Å²) in [6.45, 7) is 1.72. The second-order valence-corrected chi connectivity index (χ2v) is 3.71. The quantitative estimate of drug-likeness (QED) is 0.572. The molecule has 6 nitrogen and oxygen atoms in total. The molecule has 0 radical (unpaired) electrons. The smallest absolute Gasteiger partial charge is 0.333 e. The Morgan fingerprint density at radius 1 is 1.28 bits per heavy atom. The molecule has 0 aliphatic carbocycles. The van der Waals surface area contributed by atoms with Crippen molar-refractivity contribution in [3.8, 4) is 0 Å². The molecule has 1 aromatic carbocycles. The van der Waals surface area contributed by atoms with Gasteiger partial charge >= 0.3 is 6.03 Å². The van der Waals surface area contributed by atoms with Gasteiger partial charge < -0.3 is 11.1 Å². The first kappa shape index (κ1) is 13.9. The Balaban J connectivity index is 2.29. The summed E-state index contributed by atoms with van der Waals surface area (Å²) in [5.74, 6) is -0.834. The first-order valence-electron chi connectivity index (χ1n) is 5.33. The first-order valence-corrected chi connectivity index (χ1v) is 5.33. The highest BCUT2D eigenvalue weighted by Gasteiger charge is 2.07. The number of hydrazine groups is 1. The molecule has 0 spiro atoms. The normalized spacial score (nSPS) is 11.5. The van der Waals surface area contributed by atoms with Gasteiger partial charge in [-0.3, -0.25) is 10.2 Å². The molecule has 0 saturated heterocycles. The third-order valence-electron chi connectivity index (χ3n) is 2.08. The molecule has 18 heavy (non-hydrogen) atoms. The molecular weight excluding hydrogens is 239 g/mol. The summed E-state index contributed by atoms with van der Waals surface area (Å²) in [4.78, 5) is 22.3. The van der Waals surface area contributed by atoms with Crippen LogP contribution in [-0.4, -0.2) is 18.0 Å². The van der Waals surface area contributed by atoms with Crippen molar-refractivity contribution in [3.63, 3.8) is 0 Å². The molecule has 0 aromatic heterocycles. The predicted octanol–water partition coefficient (Wildman–Crippen LogP) is 0.00330. The van der Waals surface area contributed by atoms with Crippen LogP contribution >= 0.6 is 0 Å². The van der Waals surface area contributed by atoms with E-state index in [1.165, 1.54) is 19.1 Å². The number of hydrogen-bond donors (Lipinski definition) is 4. The zero-order chi connectivity index (χ0) is 13.5. The van der Waals surface area contributed by atoms with E-state index in [-0.39, 0.29) is 12.4 Å². The Morgan fingerprint density at radius 2 is 1.89 bits per heavy atom. The van der Waals surface area contributed by atoms with Crippen molar-refractivity contribution in [2.45, 2.75) is 19.5 Å². The number of carbonyl (C=O) groups excluding carboxylic acids is 2. The van der Waals surface area contributed by atoms with Gasteiger partial charge in [-0.2, -0.15) is 0 Å². The molecule has 1 aromatic rings. The number of rotatable bonds is 3. The monoisotopic (exact) mass is 254 g/mol. The van der Waals surface area contributed by atoms with Crippen LogP contribution < -0.4 is 21.9 Å². The number of benzene rings is 1. The molecule has 98 valence electrons. The van der Waals surface area contributed by atoms with Gasteiger partial charge in [-0.25, -0.2) is 14.6 Å². The highest BCUT2D eigenvalue weighted by Crippen LogP contribution is 2.01. The number of urea groups is 1. The molecule has 0 heterocycles. The summed E-state index contributed by atoms with van der Waals surface area (Å²) in [5, 5.41) is 2.48. The van der Waals surface area contributed by atoms with Gasteiger partial charge in [0.1, 0.15) is 5.82 Å². The molecule has 1 rings (SSSR count). The molecule has 5 N–H and O–H groups in total. The van der Waals surface area contributed by atoms with Crippen LogP contribution in [0.15, 0.2) is 24.3 Å². The Hall–Kier alpha value is -2.15. The van der Waals surface area contributed by atoms with Crippen LogP contribution in [0, 0.1) is 5.82 Å². The molecule has 0 unspecified atom stereocenters. The molecular formula is C11H15FN4O2. The topological polar surface area (TPSA) is 96.2 Å². The van der Waals surface area contributed by atoms with E-state index in [0.29, 0.717) is 0 Å². The summed E-state index contributed by atoms with van der Waals surface area (Å²) in [6.07, 6.45) is 0. The molecule has 0 saturated carbocycles. The number of amides is 3. The lowest BCUT2D eigenvalue weighted by Gasteiger charge is -2.10. The van der Waals surface area contributed by atoms with E-state index in [4.69, 9.17) is 5.73 Å². The second-order valence-electron chi connectivity index (χ2n) is 3.71. The van der Waals surface area contributed by atoms with Crippen LogP contribution in [0.4, 0.5) is 9.18 Å². The predicted molar refractivity (Wildman–Crippen MR) is 63.6 cm³/mol. The van der Waals surface area contributed by atoms with Gasteiger partial charge in [0, 0.05) is 6.54 Å². The van der Waals surface area contributed by atoms with Crippen LogP contribution in [0.25, 0.3) is 0 Å².